The summed E-state index contributed by atoms with van der Waals surface area (Å²) in [5, 5.41) is 0. The fraction of sp³-hybridized carbons (Fsp3) is 0.618. The van der Waals surface area contributed by atoms with Gasteiger partial charge in [0, 0.05) is 19.3 Å². The number of unbranched alkanes of at least 4 members (excludes halogenated alkanes) is 13. The molecule has 0 aromatic heterocycles. The van der Waals surface area contributed by atoms with E-state index in [1.165, 1.54) is 25.7 Å². The lowest BCUT2D eigenvalue weighted by molar-refractivity contribution is -0.167. The second-order valence-corrected chi connectivity index (χ2v) is 15.6. The van der Waals surface area contributed by atoms with Gasteiger partial charge in [-0.1, -0.05) is 182 Å². The van der Waals surface area contributed by atoms with Crippen molar-refractivity contribution in [2.75, 3.05) is 13.2 Å². The summed E-state index contributed by atoms with van der Waals surface area (Å²) >= 11 is 0. The topological polar surface area (TPSA) is 78.9 Å². The molecule has 0 aromatic rings. The Labute approximate surface area is 374 Å². The van der Waals surface area contributed by atoms with Gasteiger partial charge in [0.15, 0.2) is 6.10 Å². The Morgan fingerprint density at radius 1 is 0.344 bits per heavy atom. The summed E-state index contributed by atoms with van der Waals surface area (Å²) < 4.78 is 16.7. The van der Waals surface area contributed by atoms with E-state index in [-0.39, 0.29) is 37.5 Å². The molecule has 0 saturated carbocycles. The van der Waals surface area contributed by atoms with Crippen LogP contribution in [0.2, 0.25) is 0 Å². The third-order valence-corrected chi connectivity index (χ3v) is 9.74. The van der Waals surface area contributed by atoms with Crippen LogP contribution >= 0.6 is 0 Å². The van der Waals surface area contributed by atoms with Crippen LogP contribution in [0.15, 0.2) is 109 Å². The van der Waals surface area contributed by atoms with Gasteiger partial charge in [-0.2, -0.15) is 0 Å². The monoisotopic (exact) mass is 845 g/mol. The first kappa shape index (κ1) is 57.1. The Hall–Kier alpha value is -3.93. The standard InChI is InChI=1S/C55H88O6/c1-4-7-10-13-16-19-22-24-26-27-29-31-34-37-40-43-46-49-55(58)61-52(50-59-53(56)47-44-41-38-35-32-21-18-15-12-9-6-3)51-60-54(57)48-45-42-39-36-33-30-28-25-23-20-17-14-11-8-5-2/h7-8,10-11,15-20,24-26,28-29,31,37,40,52H,4-6,9,12-14,21-23,27,30,32-36,38-39,41-51H2,1-3H3/b10-7-,11-8-,18-15-,19-16-,20-17-,26-24-,28-25-,31-29-,40-37-/t52-/m0/s1. The third kappa shape index (κ3) is 47.0. The van der Waals surface area contributed by atoms with Crippen molar-refractivity contribution < 1.29 is 28.6 Å². The minimum atomic E-state index is -0.819. The Morgan fingerprint density at radius 3 is 1.07 bits per heavy atom. The van der Waals surface area contributed by atoms with Gasteiger partial charge in [-0.25, -0.2) is 0 Å². The van der Waals surface area contributed by atoms with Crippen LogP contribution in [0.3, 0.4) is 0 Å². The van der Waals surface area contributed by atoms with E-state index in [1.54, 1.807) is 0 Å². The molecule has 0 heterocycles. The summed E-state index contributed by atoms with van der Waals surface area (Å²) in [5.41, 5.74) is 0. The summed E-state index contributed by atoms with van der Waals surface area (Å²) in [6.45, 7) is 6.28. The van der Waals surface area contributed by atoms with Crippen LogP contribution in [0.5, 0.6) is 0 Å². The van der Waals surface area contributed by atoms with Crippen LogP contribution in [-0.4, -0.2) is 37.2 Å². The first-order chi connectivity index (χ1) is 30.0. The third-order valence-electron chi connectivity index (χ3n) is 9.74. The maximum absolute atomic E-state index is 12.8. The number of ether oxygens (including phenoxy) is 3. The highest BCUT2D eigenvalue weighted by atomic mass is 16.6. The smallest absolute Gasteiger partial charge is 0.306 e. The predicted molar refractivity (Wildman–Crippen MR) is 260 cm³/mol. The van der Waals surface area contributed by atoms with E-state index in [4.69, 9.17) is 14.2 Å². The fourth-order valence-corrected chi connectivity index (χ4v) is 6.12. The zero-order valence-corrected chi connectivity index (χ0v) is 39.1. The zero-order valence-electron chi connectivity index (χ0n) is 39.1. The largest absolute Gasteiger partial charge is 0.462 e. The summed E-state index contributed by atoms with van der Waals surface area (Å²) in [6.07, 6.45) is 65.0. The molecular formula is C55H88O6. The molecule has 0 bridgehead atoms. The molecule has 0 amide bonds. The second-order valence-electron chi connectivity index (χ2n) is 15.6. The van der Waals surface area contributed by atoms with Crippen molar-refractivity contribution in [1.82, 2.24) is 0 Å². The summed E-state index contributed by atoms with van der Waals surface area (Å²) in [7, 11) is 0. The highest BCUT2D eigenvalue weighted by molar-refractivity contribution is 5.71. The van der Waals surface area contributed by atoms with E-state index >= 15 is 0 Å². The molecule has 0 fully saturated rings. The molecule has 61 heavy (non-hydrogen) atoms. The van der Waals surface area contributed by atoms with Crippen molar-refractivity contribution in [3.63, 3.8) is 0 Å². The number of esters is 3. The Kier molecular flexibility index (Phi) is 45.6. The lowest BCUT2D eigenvalue weighted by Crippen LogP contribution is -2.30. The van der Waals surface area contributed by atoms with Crippen LogP contribution < -0.4 is 0 Å². The highest BCUT2D eigenvalue weighted by Gasteiger charge is 2.19. The van der Waals surface area contributed by atoms with Gasteiger partial charge in [-0.15, -0.1) is 0 Å². The van der Waals surface area contributed by atoms with Gasteiger partial charge in [0.25, 0.3) is 0 Å². The molecule has 0 rings (SSSR count). The number of hydrogen-bond donors (Lipinski definition) is 0. The van der Waals surface area contributed by atoms with Crippen molar-refractivity contribution in [3.8, 4) is 0 Å². The molecule has 1 atom stereocenters. The van der Waals surface area contributed by atoms with E-state index < -0.39 is 6.10 Å². The van der Waals surface area contributed by atoms with E-state index in [0.29, 0.717) is 19.3 Å². The second kappa shape index (κ2) is 48.7. The lowest BCUT2D eigenvalue weighted by atomic mass is 10.1. The SMILES string of the molecule is CC/C=C\C/C=C\C/C=C\C/C=C\C/C=C\CCCC(=O)O[C@H](COC(=O)CCCCCCC/C=C\C/C=C\C/C=C\CC)COC(=O)CCCCCCC/C=C\CCCC. The number of carbonyl (C=O) groups is 3. The molecule has 0 saturated heterocycles. The van der Waals surface area contributed by atoms with Crippen molar-refractivity contribution in [1.29, 1.82) is 0 Å². The molecule has 0 aliphatic rings. The van der Waals surface area contributed by atoms with Gasteiger partial charge in [0.1, 0.15) is 13.2 Å². The molecule has 0 radical (unpaired) electrons. The first-order valence-corrected chi connectivity index (χ1v) is 24.4. The fourth-order valence-electron chi connectivity index (χ4n) is 6.12. The average molecular weight is 845 g/mol. The van der Waals surface area contributed by atoms with Crippen molar-refractivity contribution in [2.24, 2.45) is 0 Å². The van der Waals surface area contributed by atoms with Crippen molar-refractivity contribution in [3.05, 3.63) is 109 Å². The predicted octanol–water partition coefficient (Wildman–Crippen LogP) is 16.0. The molecule has 0 unspecified atom stereocenters. The van der Waals surface area contributed by atoms with E-state index in [9.17, 15) is 14.4 Å². The van der Waals surface area contributed by atoms with Crippen LogP contribution in [0.25, 0.3) is 0 Å². The molecule has 0 aliphatic carbocycles. The molecule has 6 nitrogen and oxygen atoms in total. The van der Waals surface area contributed by atoms with Gasteiger partial charge < -0.3 is 14.2 Å². The molecule has 344 valence electrons. The minimum Gasteiger partial charge on any atom is -0.462 e. The number of rotatable bonds is 42. The Bertz CT molecular complexity index is 1290. The quantitative estimate of drug-likeness (QED) is 0.0264. The highest BCUT2D eigenvalue weighted by Crippen LogP contribution is 2.12. The van der Waals surface area contributed by atoms with Crippen LogP contribution in [0.4, 0.5) is 0 Å². The van der Waals surface area contributed by atoms with Gasteiger partial charge in [-0.3, -0.25) is 14.4 Å². The Morgan fingerprint density at radius 2 is 0.656 bits per heavy atom. The van der Waals surface area contributed by atoms with Crippen LogP contribution in [-0.2, 0) is 28.6 Å². The first-order valence-electron chi connectivity index (χ1n) is 24.4. The maximum Gasteiger partial charge on any atom is 0.306 e. The van der Waals surface area contributed by atoms with E-state index in [0.717, 1.165) is 128 Å². The minimum absolute atomic E-state index is 0.113. The normalized spacial score (nSPS) is 13.0. The summed E-state index contributed by atoms with van der Waals surface area (Å²) in [5.74, 6) is -1.01. The summed E-state index contributed by atoms with van der Waals surface area (Å²) in [6, 6.07) is 0. The zero-order chi connectivity index (χ0) is 44.4. The van der Waals surface area contributed by atoms with E-state index in [2.05, 4.69) is 130 Å². The van der Waals surface area contributed by atoms with Crippen molar-refractivity contribution in [2.45, 2.75) is 207 Å². The molecule has 0 aliphatic heterocycles. The molecule has 6 heteroatoms. The molecule has 0 aromatic carbocycles. The number of allylic oxidation sites excluding steroid dienone is 18. The van der Waals surface area contributed by atoms with Crippen LogP contribution in [0.1, 0.15) is 201 Å². The molecule has 0 spiro atoms. The summed E-state index contributed by atoms with van der Waals surface area (Å²) in [4.78, 5) is 37.9. The lowest BCUT2D eigenvalue weighted by Gasteiger charge is -2.18. The van der Waals surface area contributed by atoms with Gasteiger partial charge in [0.05, 0.1) is 0 Å². The van der Waals surface area contributed by atoms with Crippen LogP contribution in [0, 0.1) is 0 Å². The number of carbonyl (C=O) groups excluding carboxylic acids is 3. The van der Waals surface area contributed by atoms with Gasteiger partial charge in [-0.05, 0) is 109 Å². The van der Waals surface area contributed by atoms with E-state index in [1.807, 2.05) is 0 Å². The number of hydrogen-bond acceptors (Lipinski definition) is 6. The van der Waals surface area contributed by atoms with Gasteiger partial charge >= 0.3 is 17.9 Å². The maximum atomic E-state index is 12.8. The van der Waals surface area contributed by atoms with Crippen molar-refractivity contribution >= 4 is 17.9 Å². The molecule has 0 N–H and O–H groups in total. The van der Waals surface area contributed by atoms with Gasteiger partial charge in [0.2, 0.25) is 0 Å². The molecular weight excluding hydrogens is 757 g/mol. The average Bonchev–Trinajstić information content (AvgIpc) is 3.26. The Balaban J connectivity index is 4.53.